The van der Waals surface area contributed by atoms with Crippen molar-refractivity contribution in [1.29, 1.82) is 0 Å². The van der Waals surface area contributed by atoms with Crippen molar-refractivity contribution >= 4 is 11.8 Å². The highest BCUT2D eigenvalue weighted by atomic mass is 16.5. The summed E-state index contributed by atoms with van der Waals surface area (Å²) in [4.78, 5) is 23.2. The molecule has 2 aromatic rings. The van der Waals surface area contributed by atoms with Crippen LogP contribution in [0.4, 0.5) is 0 Å². The van der Waals surface area contributed by atoms with Crippen LogP contribution in [0.1, 0.15) is 31.8 Å². The van der Waals surface area contributed by atoms with Crippen LogP contribution in [0.25, 0.3) is 0 Å². The van der Waals surface area contributed by atoms with Gasteiger partial charge in [0.1, 0.15) is 0 Å². The van der Waals surface area contributed by atoms with Crippen LogP contribution in [-0.4, -0.2) is 22.1 Å². The molecule has 1 N–H and O–H groups in total. The molecule has 1 aliphatic heterocycles. The zero-order valence-electron chi connectivity index (χ0n) is 10.3. The molecule has 2 aromatic carbocycles. The minimum atomic E-state index is -0.714. The predicted octanol–water partition coefficient (Wildman–Crippen LogP) is 2.07. The van der Waals surface area contributed by atoms with E-state index in [-0.39, 0.29) is 16.2 Å². The van der Waals surface area contributed by atoms with Gasteiger partial charge in [0.05, 0.1) is 11.1 Å². The molecule has 0 saturated carbocycles. The summed E-state index contributed by atoms with van der Waals surface area (Å²) in [5.74, 6) is 4.48. The van der Waals surface area contributed by atoms with Crippen molar-refractivity contribution in [2.75, 3.05) is 0 Å². The number of hydroxylamine groups is 2. The normalized spacial score (nSPS) is 12.9. The molecule has 0 atom stereocenters. The van der Waals surface area contributed by atoms with Gasteiger partial charge in [-0.25, -0.2) is 0 Å². The lowest BCUT2D eigenvalue weighted by atomic mass is 10.1. The maximum atomic E-state index is 11.6. The van der Waals surface area contributed by atoms with Gasteiger partial charge in [0, 0.05) is 11.1 Å². The van der Waals surface area contributed by atoms with Gasteiger partial charge in [0.15, 0.2) is 0 Å². The van der Waals surface area contributed by atoms with E-state index < -0.39 is 11.8 Å². The second kappa shape index (κ2) is 4.65. The lowest BCUT2D eigenvalue weighted by Crippen LogP contribution is -2.25. The highest BCUT2D eigenvalue weighted by molar-refractivity contribution is 6.20. The Hall–Kier alpha value is -2.90. The average molecular weight is 263 g/mol. The first-order valence-electron chi connectivity index (χ1n) is 5.95. The van der Waals surface area contributed by atoms with E-state index >= 15 is 0 Å². The van der Waals surface area contributed by atoms with Crippen LogP contribution in [0.2, 0.25) is 0 Å². The summed E-state index contributed by atoms with van der Waals surface area (Å²) in [7, 11) is 0. The summed E-state index contributed by atoms with van der Waals surface area (Å²) in [6.45, 7) is 0. The Morgan fingerprint density at radius 3 is 2.20 bits per heavy atom. The Bertz CT molecular complexity index is 769. The van der Waals surface area contributed by atoms with Gasteiger partial charge in [-0.1, -0.05) is 30.0 Å². The van der Waals surface area contributed by atoms with Crippen molar-refractivity contribution in [3.05, 3.63) is 70.8 Å². The molecule has 0 aromatic heterocycles. The number of carbonyl (C=O) groups is 2. The molecule has 3 rings (SSSR count). The molecule has 1 heterocycles. The summed E-state index contributed by atoms with van der Waals surface area (Å²) in [6, 6.07) is 14.1. The minimum absolute atomic E-state index is 0.124. The Balaban J connectivity index is 1.98. The van der Waals surface area contributed by atoms with Crippen molar-refractivity contribution in [2.45, 2.75) is 0 Å². The van der Waals surface area contributed by atoms with Crippen LogP contribution in [0.5, 0.6) is 0 Å². The quantitative estimate of drug-likeness (QED) is 0.449. The molecule has 0 bridgehead atoms. The van der Waals surface area contributed by atoms with Crippen molar-refractivity contribution in [3.8, 4) is 11.8 Å². The molecule has 4 nitrogen and oxygen atoms in total. The van der Waals surface area contributed by atoms with Gasteiger partial charge in [-0.3, -0.25) is 14.8 Å². The van der Waals surface area contributed by atoms with E-state index in [0.717, 1.165) is 5.56 Å². The molecule has 0 unspecified atom stereocenters. The number of imide groups is 1. The van der Waals surface area contributed by atoms with Crippen LogP contribution in [0, 0.1) is 11.8 Å². The van der Waals surface area contributed by atoms with E-state index in [2.05, 4.69) is 11.8 Å². The topological polar surface area (TPSA) is 57.6 Å². The summed E-state index contributed by atoms with van der Waals surface area (Å²) >= 11 is 0. The standard InChI is InChI=1S/C16H9NO3/c18-15-13-9-8-12(10-14(13)16(19)17(15)20)7-6-11-4-2-1-3-5-11/h1-5,8-10,20H. The van der Waals surface area contributed by atoms with Crippen molar-refractivity contribution < 1.29 is 14.8 Å². The molecule has 0 aliphatic carbocycles. The zero-order chi connectivity index (χ0) is 14.1. The van der Waals surface area contributed by atoms with Crippen LogP contribution in [-0.2, 0) is 0 Å². The molecule has 2 amide bonds. The van der Waals surface area contributed by atoms with Gasteiger partial charge >= 0.3 is 0 Å². The van der Waals surface area contributed by atoms with Gasteiger partial charge in [0.2, 0.25) is 0 Å². The van der Waals surface area contributed by atoms with Crippen LogP contribution >= 0.6 is 0 Å². The molecule has 1 aliphatic rings. The number of fused-ring (bicyclic) bond motifs is 1. The number of hydrogen-bond acceptors (Lipinski definition) is 3. The minimum Gasteiger partial charge on any atom is -0.278 e. The number of amides is 2. The lowest BCUT2D eigenvalue weighted by Gasteiger charge is -1.99. The maximum Gasteiger partial charge on any atom is 0.285 e. The molecule has 20 heavy (non-hydrogen) atoms. The first kappa shape index (κ1) is 12.2. The van der Waals surface area contributed by atoms with E-state index in [9.17, 15) is 14.8 Å². The number of carbonyl (C=O) groups excluding carboxylic acids is 2. The predicted molar refractivity (Wildman–Crippen MR) is 71.2 cm³/mol. The fourth-order valence-corrected chi connectivity index (χ4v) is 1.97. The van der Waals surface area contributed by atoms with Crippen LogP contribution in [0.3, 0.4) is 0 Å². The molecule has 0 radical (unpaired) electrons. The molecule has 0 saturated heterocycles. The Morgan fingerprint density at radius 1 is 0.800 bits per heavy atom. The molecule has 4 heteroatoms. The second-order valence-corrected chi connectivity index (χ2v) is 4.30. The molecular formula is C16H9NO3. The van der Waals surface area contributed by atoms with E-state index in [0.29, 0.717) is 5.56 Å². The summed E-state index contributed by atoms with van der Waals surface area (Å²) in [6.07, 6.45) is 0. The Morgan fingerprint density at radius 2 is 1.45 bits per heavy atom. The highest BCUT2D eigenvalue weighted by Gasteiger charge is 2.34. The fraction of sp³-hybridized carbons (Fsp3) is 0. The third-order valence-electron chi connectivity index (χ3n) is 2.99. The first-order chi connectivity index (χ1) is 9.66. The average Bonchev–Trinajstić information content (AvgIpc) is 2.71. The van der Waals surface area contributed by atoms with Gasteiger partial charge in [-0.2, -0.15) is 0 Å². The molecular weight excluding hydrogens is 254 g/mol. The largest absolute Gasteiger partial charge is 0.285 e. The van der Waals surface area contributed by atoms with E-state index in [1.165, 1.54) is 12.1 Å². The van der Waals surface area contributed by atoms with E-state index in [1.54, 1.807) is 6.07 Å². The number of rotatable bonds is 0. The zero-order valence-corrected chi connectivity index (χ0v) is 10.3. The third kappa shape index (κ3) is 1.96. The fourth-order valence-electron chi connectivity index (χ4n) is 1.97. The number of benzene rings is 2. The van der Waals surface area contributed by atoms with Crippen molar-refractivity contribution in [2.24, 2.45) is 0 Å². The molecule has 96 valence electrons. The van der Waals surface area contributed by atoms with E-state index in [4.69, 9.17) is 0 Å². The van der Waals surface area contributed by atoms with Crippen LogP contribution < -0.4 is 0 Å². The molecule has 0 fully saturated rings. The lowest BCUT2D eigenvalue weighted by molar-refractivity contribution is -0.0327. The summed E-state index contributed by atoms with van der Waals surface area (Å²) < 4.78 is 0. The Labute approximate surface area is 115 Å². The smallest absolute Gasteiger partial charge is 0.278 e. The van der Waals surface area contributed by atoms with Gasteiger partial charge in [0.25, 0.3) is 11.8 Å². The van der Waals surface area contributed by atoms with Crippen molar-refractivity contribution in [1.82, 2.24) is 5.06 Å². The van der Waals surface area contributed by atoms with E-state index in [1.807, 2.05) is 30.3 Å². The summed E-state index contributed by atoms with van der Waals surface area (Å²) in [5.41, 5.74) is 1.85. The van der Waals surface area contributed by atoms with Gasteiger partial charge in [-0.15, -0.1) is 5.06 Å². The maximum absolute atomic E-state index is 11.6. The number of hydrogen-bond donors (Lipinski definition) is 1. The summed E-state index contributed by atoms with van der Waals surface area (Å²) in [5, 5.41) is 9.41. The van der Waals surface area contributed by atoms with Gasteiger partial charge < -0.3 is 0 Å². The highest BCUT2D eigenvalue weighted by Crippen LogP contribution is 2.22. The third-order valence-corrected chi connectivity index (χ3v) is 2.99. The SMILES string of the molecule is O=C1c2ccc(C#Cc3ccccc3)cc2C(=O)N1O. The van der Waals surface area contributed by atoms with Gasteiger partial charge in [-0.05, 0) is 30.3 Å². The number of nitrogens with zero attached hydrogens (tertiary/aromatic N) is 1. The molecule has 0 spiro atoms. The first-order valence-corrected chi connectivity index (χ1v) is 5.95. The van der Waals surface area contributed by atoms with Crippen LogP contribution in [0.15, 0.2) is 48.5 Å². The monoisotopic (exact) mass is 263 g/mol. The van der Waals surface area contributed by atoms with Crippen molar-refractivity contribution in [3.63, 3.8) is 0 Å². The second-order valence-electron chi connectivity index (χ2n) is 4.30. The Kier molecular flexibility index (Phi) is 2.82.